The van der Waals surface area contributed by atoms with Gasteiger partial charge in [-0.15, -0.1) is 0 Å². The van der Waals surface area contributed by atoms with Gasteiger partial charge >= 0.3 is 0 Å². The summed E-state index contributed by atoms with van der Waals surface area (Å²) in [7, 11) is 0. The number of nitrogens with zero attached hydrogens (tertiary/aromatic N) is 4. The Balaban J connectivity index is 1.60. The molecule has 0 saturated carbocycles. The molecule has 1 aliphatic rings. The normalized spacial score (nSPS) is 15.3. The first-order valence-electron chi connectivity index (χ1n) is 8.62. The Labute approximate surface area is 158 Å². The van der Waals surface area contributed by atoms with Crippen LogP contribution in [0.1, 0.15) is 17.2 Å². The van der Waals surface area contributed by atoms with E-state index in [0.717, 1.165) is 17.2 Å². The Hall–Kier alpha value is -3.68. The number of hydrogen-bond acceptors (Lipinski definition) is 6. The van der Waals surface area contributed by atoms with Crippen molar-refractivity contribution in [1.29, 1.82) is 0 Å². The number of halogens is 2. The van der Waals surface area contributed by atoms with Crippen LogP contribution in [0.3, 0.4) is 0 Å². The van der Waals surface area contributed by atoms with Crippen LogP contribution in [0.5, 0.6) is 0 Å². The highest BCUT2D eigenvalue weighted by atomic mass is 19.2. The molecule has 138 valence electrons. The third-order valence-electron chi connectivity index (χ3n) is 4.75. The van der Waals surface area contributed by atoms with Crippen molar-refractivity contribution in [2.45, 2.75) is 5.92 Å². The fourth-order valence-corrected chi connectivity index (χ4v) is 3.42. The minimum absolute atomic E-state index is 0.111. The molecule has 1 aromatic carbocycles. The summed E-state index contributed by atoms with van der Waals surface area (Å²) in [5.74, 6) is -0.401. The Morgan fingerprint density at radius 3 is 2.71 bits per heavy atom. The Morgan fingerprint density at radius 2 is 1.86 bits per heavy atom. The number of pyridine rings is 1. The van der Waals surface area contributed by atoms with E-state index in [2.05, 4.69) is 25.4 Å². The molecule has 4 heterocycles. The van der Waals surface area contributed by atoms with E-state index in [4.69, 9.17) is 4.52 Å². The average Bonchev–Trinajstić information content (AvgIpc) is 3.37. The Morgan fingerprint density at radius 1 is 1.00 bits per heavy atom. The largest absolute Gasteiger partial charge is 0.369 e. The first-order chi connectivity index (χ1) is 13.7. The Kier molecular flexibility index (Phi) is 3.82. The van der Waals surface area contributed by atoms with Crippen molar-refractivity contribution in [3.8, 4) is 22.5 Å². The summed E-state index contributed by atoms with van der Waals surface area (Å²) in [6.45, 7) is 0.501. The quantitative estimate of drug-likeness (QED) is 0.581. The first kappa shape index (κ1) is 16.5. The molecule has 0 fully saturated rings. The third-order valence-corrected chi connectivity index (χ3v) is 4.75. The van der Waals surface area contributed by atoms with Gasteiger partial charge in [0.15, 0.2) is 23.2 Å². The molecule has 28 heavy (non-hydrogen) atoms. The third kappa shape index (κ3) is 2.61. The van der Waals surface area contributed by atoms with E-state index >= 15 is 0 Å². The highest BCUT2D eigenvalue weighted by Crippen LogP contribution is 2.41. The lowest BCUT2D eigenvalue weighted by molar-refractivity contribution is 0.376. The van der Waals surface area contributed by atoms with E-state index < -0.39 is 11.6 Å². The number of fused-ring (bicyclic) bond motifs is 1. The highest BCUT2D eigenvalue weighted by molar-refractivity contribution is 5.70. The van der Waals surface area contributed by atoms with Crippen molar-refractivity contribution in [3.05, 3.63) is 78.1 Å². The standard InChI is InChI=1S/C20H13F2N5O/c21-16-4-1-3-12(17(16)22)15-10-27-28-18(15)14-9-26-20-13(14)7-11(8-25-20)19-23-5-2-6-24-19/h1-8,10,14H,9H2,(H,25,26). The number of aromatic nitrogens is 4. The molecule has 0 amide bonds. The Bertz CT molecular complexity index is 1160. The summed E-state index contributed by atoms with van der Waals surface area (Å²) in [5.41, 5.74) is 2.14. The van der Waals surface area contributed by atoms with E-state index in [1.54, 1.807) is 24.7 Å². The number of rotatable bonds is 3. The average molecular weight is 377 g/mol. The van der Waals surface area contributed by atoms with Crippen LogP contribution in [0.2, 0.25) is 0 Å². The molecule has 0 saturated heterocycles. The second kappa shape index (κ2) is 6.49. The predicted octanol–water partition coefficient (Wildman–Crippen LogP) is 4.03. The molecule has 1 unspecified atom stereocenters. The second-order valence-corrected chi connectivity index (χ2v) is 6.37. The van der Waals surface area contributed by atoms with Gasteiger partial charge in [0.2, 0.25) is 0 Å². The van der Waals surface area contributed by atoms with Crippen LogP contribution in [0, 0.1) is 11.6 Å². The summed E-state index contributed by atoms with van der Waals surface area (Å²) in [6.07, 6.45) is 6.42. The minimum Gasteiger partial charge on any atom is -0.369 e. The molecule has 8 heteroatoms. The van der Waals surface area contributed by atoms with Gasteiger partial charge in [0.05, 0.1) is 12.1 Å². The maximum absolute atomic E-state index is 14.3. The molecule has 4 aromatic rings. The molecule has 1 aliphatic heterocycles. The van der Waals surface area contributed by atoms with E-state index in [-0.39, 0.29) is 11.5 Å². The van der Waals surface area contributed by atoms with E-state index in [9.17, 15) is 8.78 Å². The van der Waals surface area contributed by atoms with Gasteiger partial charge in [0.25, 0.3) is 0 Å². The van der Waals surface area contributed by atoms with Gasteiger partial charge in [0.1, 0.15) is 5.82 Å². The lowest BCUT2D eigenvalue weighted by Crippen LogP contribution is -2.04. The monoisotopic (exact) mass is 377 g/mol. The van der Waals surface area contributed by atoms with Crippen LogP contribution in [0.4, 0.5) is 14.6 Å². The first-order valence-corrected chi connectivity index (χ1v) is 8.62. The van der Waals surface area contributed by atoms with Gasteiger partial charge in [-0.2, -0.15) is 0 Å². The predicted molar refractivity (Wildman–Crippen MR) is 97.5 cm³/mol. The molecular weight excluding hydrogens is 364 g/mol. The van der Waals surface area contributed by atoms with Crippen molar-refractivity contribution in [2.24, 2.45) is 0 Å². The van der Waals surface area contributed by atoms with Crippen LogP contribution in [-0.4, -0.2) is 26.7 Å². The van der Waals surface area contributed by atoms with Crippen LogP contribution >= 0.6 is 0 Å². The van der Waals surface area contributed by atoms with Crippen molar-refractivity contribution in [3.63, 3.8) is 0 Å². The van der Waals surface area contributed by atoms with Gasteiger partial charge in [-0.05, 0) is 18.2 Å². The van der Waals surface area contributed by atoms with E-state index in [0.29, 0.717) is 29.5 Å². The minimum atomic E-state index is -0.928. The molecule has 0 spiro atoms. The maximum Gasteiger partial charge on any atom is 0.166 e. The topological polar surface area (TPSA) is 76.7 Å². The zero-order chi connectivity index (χ0) is 19.1. The SMILES string of the molecule is Fc1cccc(-c2cnoc2C2CNc3ncc(-c4ncccn4)cc32)c1F. The van der Waals surface area contributed by atoms with Gasteiger partial charge in [0, 0.05) is 47.4 Å². The molecule has 1 N–H and O–H groups in total. The fourth-order valence-electron chi connectivity index (χ4n) is 3.42. The molecule has 6 nitrogen and oxygen atoms in total. The van der Waals surface area contributed by atoms with Gasteiger partial charge < -0.3 is 9.84 Å². The number of anilines is 1. The molecule has 3 aromatic heterocycles. The maximum atomic E-state index is 14.3. The summed E-state index contributed by atoms with van der Waals surface area (Å²) in [4.78, 5) is 12.9. The number of hydrogen-bond donors (Lipinski definition) is 1. The van der Waals surface area contributed by atoms with Crippen LogP contribution < -0.4 is 5.32 Å². The number of nitrogens with one attached hydrogen (secondary N) is 1. The van der Waals surface area contributed by atoms with Gasteiger partial charge in [-0.3, -0.25) is 0 Å². The molecule has 1 atom stereocenters. The smallest absolute Gasteiger partial charge is 0.166 e. The lowest BCUT2D eigenvalue weighted by atomic mass is 9.93. The zero-order valence-electron chi connectivity index (χ0n) is 14.4. The summed E-state index contributed by atoms with van der Waals surface area (Å²) >= 11 is 0. The molecule has 5 rings (SSSR count). The van der Waals surface area contributed by atoms with Crippen molar-refractivity contribution in [1.82, 2.24) is 20.1 Å². The van der Waals surface area contributed by atoms with Crippen LogP contribution in [0.25, 0.3) is 22.5 Å². The fraction of sp³-hybridized carbons (Fsp3) is 0.100. The van der Waals surface area contributed by atoms with Gasteiger partial charge in [-0.1, -0.05) is 17.3 Å². The summed E-state index contributed by atoms with van der Waals surface area (Å²) in [6, 6.07) is 7.70. The summed E-state index contributed by atoms with van der Waals surface area (Å²) in [5, 5.41) is 7.04. The van der Waals surface area contributed by atoms with E-state index in [1.807, 2.05) is 6.07 Å². The molecule has 0 aliphatic carbocycles. The van der Waals surface area contributed by atoms with Crippen molar-refractivity contribution < 1.29 is 13.3 Å². The number of benzene rings is 1. The van der Waals surface area contributed by atoms with E-state index in [1.165, 1.54) is 18.3 Å². The summed E-state index contributed by atoms with van der Waals surface area (Å²) < 4.78 is 33.5. The van der Waals surface area contributed by atoms with Crippen molar-refractivity contribution in [2.75, 3.05) is 11.9 Å². The molecule has 0 radical (unpaired) electrons. The van der Waals surface area contributed by atoms with Crippen molar-refractivity contribution >= 4 is 5.82 Å². The van der Waals surface area contributed by atoms with Crippen LogP contribution in [-0.2, 0) is 0 Å². The van der Waals surface area contributed by atoms with Crippen LogP contribution in [0.15, 0.2) is 59.6 Å². The zero-order valence-corrected chi connectivity index (χ0v) is 14.4. The lowest BCUT2D eigenvalue weighted by Gasteiger charge is -2.10. The van der Waals surface area contributed by atoms with Gasteiger partial charge in [-0.25, -0.2) is 23.7 Å². The molecular formula is C20H13F2N5O. The molecule has 0 bridgehead atoms. The second-order valence-electron chi connectivity index (χ2n) is 6.37. The highest BCUT2D eigenvalue weighted by Gasteiger charge is 2.32.